The van der Waals surface area contributed by atoms with E-state index in [4.69, 9.17) is 9.47 Å². The van der Waals surface area contributed by atoms with Crippen LogP contribution in [0.5, 0.6) is 11.5 Å². The fourth-order valence-corrected chi connectivity index (χ4v) is 4.99. The third-order valence-corrected chi connectivity index (χ3v) is 7.48. The van der Waals surface area contributed by atoms with E-state index in [9.17, 15) is 18.0 Å². The molecule has 0 saturated heterocycles. The maximum absolute atomic E-state index is 13.0. The molecule has 1 aliphatic rings. The molecule has 0 spiro atoms. The van der Waals surface area contributed by atoms with E-state index in [0.717, 1.165) is 11.3 Å². The second-order valence-corrected chi connectivity index (χ2v) is 9.75. The predicted molar refractivity (Wildman–Crippen MR) is 118 cm³/mol. The van der Waals surface area contributed by atoms with Crippen LogP contribution >= 0.6 is 0 Å². The Morgan fingerprint density at radius 3 is 2.52 bits per heavy atom. The zero-order chi connectivity index (χ0) is 22.8. The van der Waals surface area contributed by atoms with E-state index in [1.165, 1.54) is 34.1 Å². The van der Waals surface area contributed by atoms with Gasteiger partial charge in [0.05, 0.1) is 30.1 Å². The fourth-order valence-electron chi connectivity index (χ4n) is 3.59. The number of methoxy groups -OCH3 is 2. The number of amides is 2. The molecule has 2 aromatic rings. The standard InChI is InChI=1S/C22H26N2O6S/c1-14(11-22(26)23-19-7-5-17(29-3)13-21(19)30-4)31(27,28)18-6-8-20-16(12-18)9-10-24(20)15(2)25/h5-8,12-14H,9-11H2,1-4H3,(H,23,26). The highest BCUT2D eigenvalue weighted by Gasteiger charge is 2.29. The van der Waals surface area contributed by atoms with E-state index in [2.05, 4.69) is 5.32 Å². The average molecular weight is 447 g/mol. The number of carbonyl (C=O) groups excluding carboxylic acids is 2. The Morgan fingerprint density at radius 2 is 1.87 bits per heavy atom. The molecular weight excluding hydrogens is 420 g/mol. The van der Waals surface area contributed by atoms with Gasteiger partial charge in [-0.3, -0.25) is 9.59 Å². The molecule has 2 aromatic carbocycles. The van der Waals surface area contributed by atoms with E-state index < -0.39 is 21.0 Å². The number of fused-ring (bicyclic) bond motifs is 1. The van der Waals surface area contributed by atoms with Crippen LogP contribution in [0.1, 0.15) is 25.8 Å². The molecule has 0 aromatic heterocycles. The number of anilines is 2. The van der Waals surface area contributed by atoms with Crippen LogP contribution in [-0.4, -0.2) is 46.2 Å². The van der Waals surface area contributed by atoms with Crippen molar-refractivity contribution in [2.24, 2.45) is 0 Å². The lowest BCUT2D eigenvalue weighted by Crippen LogP contribution is -2.26. The summed E-state index contributed by atoms with van der Waals surface area (Å²) >= 11 is 0. The third kappa shape index (κ3) is 4.66. The van der Waals surface area contributed by atoms with E-state index in [-0.39, 0.29) is 17.2 Å². The summed E-state index contributed by atoms with van der Waals surface area (Å²) in [5.74, 6) is 0.472. The van der Waals surface area contributed by atoms with Gasteiger partial charge in [0.25, 0.3) is 0 Å². The van der Waals surface area contributed by atoms with Gasteiger partial charge in [-0.25, -0.2) is 8.42 Å². The Labute approximate surface area is 182 Å². The molecule has 0 aliphatic carbocycles. The van der Waals surface area contributed by atoms with E-state index >= 15 is 0 Å². The zero-order valence-corrected chi connectivity index (χ0v) is 18.8. The molecule has 1 aliphatic heterocycles. The fraction of sp³-hybridized carbons (Fsp3) is 0.364. The Bertz CT molecular complexity index is 1110. The molecule has 1 unspecified atom stereocenters. The van der Waals surface area contributed by atoms with Crippen molar-refractivity contribution in [3.05, 3.63) is 42.0 Å². The van der Waals surface area contributed by atoms with Gasteiger partial charge in [-0.05, 0) is 49.2 Å². The summed E-state index contributed by atoms with van der Waals surface area (Å²) in [5.41, 5.74) is 1.99. The summed E-state index contributed by atoms with van der Waals surface area (Å²) in [5, 5.41) is 1.77. The topological polar surface area (TPSA) is 102 Å². The third-order valence-electron chi connectivity index (χ3n) is 5.34. The summed E-state index contributed by atoms with van der Waals surface area (Å²) in [4.78, 5) is 26.0. The van der Waals surface area contributed by atoms with Gasteiger partial charge in [0.2, 0.25) is 11.8 Å². The lowest BCUT2D eigenvalue weighted by molar-refractivity contribution is -0.117. The van der Waals surface area contributed by atoms with E-state index in [1.54, 1.807) is 35.2 Å². The van der Waals surface area contributed by atoms with Crippen LogP contribution in [0.2, 0.25) is 0 Å². The largest absolute Gasteiger partial charge is 0.497 e. The predicted octanol–water partition coefficient (Wildman–Crippen LogP) is 2.80. The van der Waals surface area contributed by atoms with Crippen LogP contribution in [0.3, 0.4) is 0 Å². The SMILES string of the molecule is COc1ccc(NC(=O)CC(C)S(=O)(=O)c2ccc3c(c2)CCN3C(C)=O)c(OC)c1. The average Bonchev–Trinajstić information content (AvgIpc) is 3.17. The lowest BCUT2D eigenvalue weighted by atomic mass is 10.2. The number of nitrogens with one attached hydrogen (secondary N) is 1. The first-order chi connectivity index (χ1) is 14.7. The van der Waals surface area contributed by atoms with Crippen molar-refractivity contribution in [3.8, 4) is 11.5 Å². The highest BCUT2D eigenvalue weighted by Crippen LogP contribution is 2.32. The van der Waals surface area contributed by atoms with Gasteiger partial charge >= 0.3 is 0 Å². The number of nitrogens with zero attached hydrogens (tertiary/aromatic N) is 1. The Balaban J connectivity index is 1.73. The molecule has 1 N–H and O–H groups in total. The van der Waals surface area contributed by atoms with Gasteiger partial charge < -0.3 is 19.7 Å². The Kier molecular flexibility index (Phi) is 6.54. The van der Waals surface area contributed by atoms with Crippen LogP contribution in [0, 0.1) is 0 Å². The minimum absolute atomic E-state index is 0.0756. The summed E-state index contributed by atoms with van der Waals surface area (Å²) < 4.78 is 36.5. The first-order valence-electron chi connectivity index (χ1n) is 9.84. The van der Waals surface area contributed by atoms with Gasteiger partial charge in [-0.2, -0.15) is 0 Å². The summed E-state index contributed by atoms with van der Waals surface area (Å²) in [7, 11) is -0.733. The maximum Gasteiger partial charge on any atom is 0.225 e. The van der Waals surface area contributed by atoms with Crippen molar-refractivity contribution in [1.82, 2.24) is 0 Å². The van der Waals surface area contributed by atoms with E-state index in [1.807, 2.05) is 0 Å². The Morgan fingerprint density at radius 1 is 1.13 bits per heavy atom. The van der Waals surface area contributed by atoms with Crippen molar-refractivity contribution in [2.45, 2.75) is 36.8 Å². The van der Waals surface area contributed by atoms with Crippen molar-refractivity contribution in [1.29, 1.82) is 0 Å². The molecule has 1 atom stereocenters. The molecule has 31 heavy (non-hydrogen) atoms. The highest BCUT2D eigenvalue weighted by atomic mass is 32.2. The molecule has 8 nitrogen and oxygen atoms in total. The van der Waals surface area contributed by atoms with Crippen molar-refractivity contribution < 1.29 is 27.5 Å². The van der Waals surface area contributed by atoms with Crippen LogP contribution in [-0.2, 0) is 25.8 Å². The number of sulfone groups is 1. The summed E-state index contributed by atoms with van der Waals surface area (Å²) in [6.45, 7) is 3.53. The van der Waals surface area contributed by atoms with Crippen molar-refractivity contribution in [3.63, 3.8) is 0 Å². The second kappa shape index (κ2) is 8.97. The number of hydrogen-bond donors (Lipinski definition) is 1. The van der Waals surface area contributed by atoms with Crippen LogP contribution in [0.15, 0.2) is 41.3 Å². The quantitative estimate of drug-likeness (QED) is 0.702. The number of hydrogen-bond acceptors (Lipinski definition) is 6. The van der Waals surface area contributed by atoms with Gasteiger partial charge in [-0.1, -0.05) is 0 Å². The molecule has 166 valence electrons. The second-order valence-electron chi connectivity index (χ2n) is 7.39. The maximum atomic E-state index is 13.0. The first-order valence-corrected chi connectivity index (χ1v) is 11.4. The molecule has 0 saturated carbocycles. The summed E-state index contributed by atoms with van der Waals surface area (Å²) in [6, 6.07) is 9.70. The normalized spacial score (nSPS) is 14.0. The van der Waals surface area contributed by atoms with Crippen LogP contribution in [0.25, 0.3) is 0 Å². The highest BCUT2D eigenvalue weighted by molar-refractivity contribution is 7.92. The molecule has 0 radical (unpaired) electrons. The smallest absolute Gasteiger partial charge is 0.225 e. The molecular formula is C22H26N2O6S. The van der Waals surface area contributed by atoms with Crippen molar-refractivity contribution in [2.75, 3.05) is 31.0 Å². The van der Waals surface area contributed by atoms with Gasteiger partial charge in [0.1, 0.15) is 11.5 Å². The van der Waals surface area contributed by atoms with Crippen molar-refractivity contribution >= 4 is 33.0 Å². The molecule has 2 amide bonds. The van der Waals surface area contributed by atoms with Crippen LogP contribution in [0.4, 0.5) is 11.4 Å². The molecule has 0 bridgehead atoms. The number of ether oxygens (including phenoxy) is 2. The molecule has 1 heterocycles. The first kappa shape index (κ1) is 22.6. The minimum atomic E-state index is -3.73. The Hall–Kier alpha value is -3.07. The minimum Gasteiger partial charge on any atom is -0.497 e. The number of carbonyl (C=O) groups is 2. The zero-order valence-electron chi connectivity index (χ0n) is 18.0. The molecule has 9 heteroatoms. The molecule has 3 rings (SSSR count). The molecule has 0 fully saturated rings. The monoisotopic (exact) mass is 446 g/mol. The number of benzene rings is 2. The van der Waals surface area contributed by atoms with E-state index in [0.29, 0.717) is 30.2 Å². The number of rotatable bonds is 7. The van der Waals surface area contributed by atoms with Gasteiger partial charge in [0, 0.05) is 31.6 Å². The van der Waals surface area contributed by atoms with Crippen LogP contribution < -0.4 is 19.7 Å². The van der Waals surface area contributed by atoms with Gasteiger partial charge in [0.15, 0.2) is 9.84 Å². The lowest BCUT2D eigenvalue weighted by Gasteiger charge is -2.17. The van der Waals surface area contributed by atoms with Gasteiger partial charge in [-0.15, -0.1) is 0 Å². The summed E-state index contributed by atoms with van der Waals surface area (Å²) in [6.07, 6.45) is 0.387.